The number of amides is 2. The van der Waals surface area contributed by atoms with E-state index in [0.717, 1.165) is 16.7 Å². The summed E-state index contributed by atoms with van der Waals surface area (Å²) >= 11 is 0. The van der Waals surface area contributed by atoms with Crippen molar-refractivity contribution in [3.05, 3.63) is 95.6 Å². The highest BCUT2D eigenvalue weighted by Gasteiger charge is 2.16. The summed E-state index contributed by atoms with van der Waals surface area (Å²) in [6.45, 7) is 2.17. The van der Waals surface area contributed by atoms with Gasteiger partial charge in [0.05, 0.1) is 19.4 Å². The first-order valence-corrected chi connectivity index (χ1v) is 12.7. The van der Waals surface area contributed by atoms with E-state index in [9.17, 15) is 18.4 Å². The standard InChI is InChI=1S/C29H29F2N5O4/c1-2-32-28(37)23-8-11-26(27(17-23)40-15-14-39-13-12-30)36-19-25(34-35-36)29(38)33-18-20-4-3-5-22(16-20)21-6-9-24(31)10-7-21/h3-11,16-17,19H,2,12-15,18H2,1H3,(H,32,37)(H,33,38). The monoisotopic (exact) mass is 549 g/mol. The molecule has 3 aromatic carbocycles. The van der Waals surface area contributed by atoms with Gasteiger partial charge in [-0.3, -0.25) is 9.59 Å². The summed E-state index contributed by atoms with van der Waals surface area (Å²) in [5.74, 6) is -0.685. The van der Waals surface area contributed by atoms with E-state index < -0.39 is 12.6 Å². The lowest BCUT2D eigenvalue weighted by atomic mass is 10.0. The molecule has 4 aromatic rings. The van der Waals surface area contributed by atoms with Gasteiger partial charge in [-0.15, -0.1) is 5.10 Å². The molecule has 0 saturated carbocycles. The minimum absolute atomic E-state index is 0.0345. The second kappa shape index (κ2) is 13.9. The Morgan fingerprint density at radius 1 is 0.925 bits per heavy atom. The lowest BCUT2D eigenvalue weighted by Crippen LogP contribution is -2.23. The minimum Gasteiger partial charge on any atom is -0.489 e. The molecule has 0 atom stereocenters. The molecule has 0 bridgehead atoms. The van der Waals surface area contributed by atoms with Gasteiger partial charge in [-0.05, 0) is 60.0 Å². The zero-order valence-corrected chi connectivity index (χ0v) is 21.9. The maximum atomic E-state index is 13.3. The van der Waals surface area contributed by atoms with Crippen molar-refractivity contribution in [1.29, 1.82) is 0 Å². The quantitative estimate of drug-likeness (QED) is 0.243. The summed E-state index contributed by atoms with van der Waals surface area (Å²) in [5.41, 5.74) is 3.54. The average Bonchev–Trinajstić information content (AvgIpc) is 3.47. The number of carbonyl (C=O) groups excluding carboxylic acids is 2. The van der Waals surface area contributed by atoms with E-state index >= 15 is 0 Å². The van der Waals surface area contributed by atoms with Crippen LogP contribution in [0.1, 0.15) is 33.3 Å². The molecule has 0 aliphatic heterocycles. The Labute approximate surface area is 230 Å². The molecule has 0 aliphatic rings. The van der Waals surface area contributed by atoms with Gasteiger partial charge in [-0.1, -0.05) is 35.5 Å². The molecule has 2 N–H and O–H groups in total. The van der Waals surface area contributed by atoms with Crippen LogP contribution in [0.3, 0.4) is 0 Å². The maximum absolute atomic E-state index is 13.3. The molecule has 9 nitrogen and oxygen atoms in total. The van der Waals surface area contributed by atoms with Crippen molar-refractivity contribution in [1.82, 2.24) is 25.6 Å². The van der Waals surface area contributed by atoms with Crippen molar-refractivity contribution in [2.75, 3.05) is 33.0 Å². The van der Waals surface area contributed by atoms with Crippen LogP contribution in [0, 0.1) is 5.82 Å². The van der Waals surface area contributed by atoms with Gasteiger partial charge in [0, 0.05) is 18.7 Å². The fraction of sp³-hybridized carbons (Fsp3) is 0.241. The third-order valence-electron chi connectivity index (χ3n) is 5.80. The van der Waals surface area contributed by atoms with Gasteiger partial charge >= 0.3 is 0 Å². The predicted octanol–water partition coefficient (Wildman–Crippen LogP) is 4.12. The van der Waals surface area contributed by atoms with E-state index in [-0.39, 0.29) is 43.8 Å². The lowest BCUT2D eigenvalue weighted by Gasteiger charge is -2.13. The van der Waals surface area contributed by atoms with E-state index in [0.29, 0.717) is 23.5 Å². The van der Waals surface area contributed by atoms with Gasteiger partial charge in [-0.2, -0.15) is 0 Å². The highest BCUT2D eigenvalue weighted by Crippen LogP contribution is 2.25. The molecule has 0 spiro atoms. The topological polar surface area (TPSA) is 107 Å². The number of ether oxygens (including phenoxy) is 2. The van der Waals surface area contributed by atoms with E-state index in [1.54, 1.807) is 30.3 Å². The Morgan fingerprint density at radius 2 is 1.75 bits per heavy atom. The summed E-state index contributed by atoms with van der Waals surface area (Å²) in [6.07, 6.45) is 1.46. The zero-order chi connectivity index (χ0) is 28.3. The number of carbonyl (C=O) groups is 2. The zero-order valence-electron chi connectivity index (χ0n) is 21.9. The van der Waals surface area contributed by atoms with Crippen LogP contribution in [0.15, 0.2) is 72.9 Å². The second-order valence-electron chi connectivity index (χ2n) is 8.63. The largest absolute Gasteiger partial charge is 0.489 e. The van der Waals surface area contributed by atoms with Crippen LogP contribution in [0.25, 0.3) is 16.8 Å². The Balaban J connectivity index is 1.45. The number of benzene rings is 3. The van der Waals surface area contributed by atoms with Crippen LogP contribution < -0.4 is 15.4 Å². The first kappa shape index (κ1) is 28.4. The van der Waals surface area contributed by atoms with Crippen LogP contribution in [-0.4, -0.2) is 59.8 Å². The van der Waals surface area contributed by atoms with Crippen LogP contribution in [-0.2, 0) is 11.3 Å². The van der Waals surface area contributed by atoms with Crippen molar-refractivity contribution < 1.29 is 27.8 Å². The molecule has 0 radical (unpaired) electrons. The van der Waals surface area contributed by atoms with E-state index in [2.05, 4.69) is 20.9 Å². The maximum Gasteiger partial charge on any atom is 0.273 e. The summed E-state index contributed by atoms with van der Waals surface area (Å²) in [5, 5.41) is 13.6. The molecule has 0 saturated heterocycles. The molecule has 208 valence electrons. The third kappa shape index (κ3) is 7.48. The smallest absolute Gasteiger partial charge is 0.273 e. The van der Waals surface area contributed by atoms with Crippen molar-refractivity contribution >= 4 is 11.8 Å². The molecule has 4 rings (SSSR count). The van der Waals surface area contributed by atoms with Crippen LogP contribution >= 0.6 is 0 Å². The minimum atomic E-state index is -0.596. The predicted molar refractivity (Wildman–Crippen MR) is 145 cm³/mol. The van der Waals surface area contributed by atoms with E-state index in [1.165, 1.54) is 23.0 Å². The molecule has 1 heterocycles. The third-order valence-corrected chi connectivity index (χ3v) is 5.80. The summed E-state index contributed by atoms with van der Waals surface area (Å²) in [7, 11) is 0. The number of alkyl halides is 1. The summed E-state index contributed by atoms with van der Waals surface area (Å²) in [4.78, 5) is 25.1. The first-order valence-electron chi connectivity index (χ1n) is 12.7. The van der Waals surface area contributed by atoms with Gasteiger partial charge in [0.1, 0.15) is 30.5 Å². The molecule has 0 unspecified atom stereocenters. The molecular weight excluding hydrogens is 520 g/mol. The van der Waals surface area contributed by atoms with E-state index in [1.807, 2.05) is 31.2 Å². The molecule has 0 aliphatic carbocycles. The number of aromatic nitrogens is 3. The fourth-order valence-corrected chi connectivity index (χ4v) is 3.85. The van der Waals surface area contributed by atoms with Gasteiger partial charge in [0.25, 0.3) is 11.8 Å². The normalized spacial score (nSPS) is 10.8. The number of hydrogen-bond acceptors (Lipinski definition) is 6. The number of rotatable bonds is 13. The second-order valence-corrected chi connectivity index (χ2v) is 8.63. The Hall–Kier alpha value is -4.64. The lowest BCUT2D eigenvalue weighted by molar-refractivity contribution is 0.0894. The van der Waals surface area contributed by atoms with Gasteiger partial charge in [0.15, 0.2) is 5.69 Å². The number of halogens is 2. The Morgan fingerprint density at radius 3 is 2.52 bits per heavy atom. The van der Waals surface area contributed by atoms with Crippen LogP contribution in [0.5, 0.6) is 5.75 Å². The highest BCUT2D eigenvalue weighted by atomic mass is 19.1. The van der Waals surface area contributed by atoms with Crippen molar-refractivity contribution in [3.8, 4) is 22.6 Å². The average molecular weight is 550 g/mol. The number of nitrogens with zero attached hydrogens (tertiary/aromatic N) is 3. The molecule has 1 aromatic heterocycles. The first-order chi connectivity index (χ1) is 19.5. The molecular formula is C29H29F2N5O4. The van der Waals surface area contributed by atoms with Crippen molar-refractivity contribution in [2.24, 2.45) is 0 Å². The van der Waals surface area contributed by atoms with Crippen molar-refractivity contribution in [2.45, 2.75) is 13.5 Å². The number of hydrogen-bond donors (Lipinski definition) is 2. The molecule has 40 heavy (non-hydrogen) atoms. The highest BCUT2D eigenvalue weighted by molar-refractivity contribution is 5.95. The summed E-state index contributed by atoms with van der Waals surface area (Å²) < 4.78 is 37.8. The van der Waals surface area contributed by atoms with Crippen molar-refractivity contribution in [3.63, 3.8) is 0 Å². The summed E-state index contributed by atoms with van der Waals surface area (Å²) in [6, 6.07) is 18.6. The Bertz CT molecular complexity index is 1440. The SMILES string of the molecule is CCNC(=O)c1ccc(-n2cc(C(=O)NCc3cccc(-c4ccc(F)cc4)c3)nn2)c(OCCOCCF)c1. The van der Waals surface area contributed by atoms with E-state index in [4.69, 9.17) is 9.47 Å². The molecule has 2 amide bonds. The fourth-order valence-electron chi connectivity index (χ4n) is 3.85. The van der Waals surface area contributed by atoms with Crippen LogP contribution in [0.4, 0.5) is 8.78 Å². The molecule has 0 fully saturated rings. The Kier molecular flexibility index (Phi) is 9.89. The van der Waals surface area contributed by atoms with Gasteiger partial charge in [-0.25, -0.2) is 13.5 Å². The van der Waals surface area contributed by atoms with Gasteiger partial charge < -0.3 is 20.1 Å². The number of nitrogens with one attached hydrogen (secondary N) is 2. The van der Waals surface area contributed by atoms with Crippen LogP contribution in [0.2, 0.25) is 0 Å². The molecule has 11 heteroatoms. The van der Waals surface area contributed by atoms with Gasteiger partial charge in [0.2, 0.25) is 0 Å².